The number of allylic oxidation sites excluding steroid dienone is 4. The van der Waals surface area contributed by atoms with Crippen LogP contribution >= 0.6 is 0 Å². The van der Waals surface area contributed by atoms with Crippen LogP contribution in [0.4, 0.5) is 11.4 Å². The molecule has 0 atom stereocenters. The summed E-state index contributed by atoms with van der Waals surface area (Å²) in [7, 11) is 0. The lowest BCUT2D eigenvalue weighted by molar-refractivity contribution is 0.658. The third kappa shape index (κ3) is 3.89. The molecule has 3 aliphatic rings. The molecule has 0 saturated heterocycles. The van der Waals surface area contributed by atoms with E-state index in [-0.39, 0.29) is 10.8 Å². The van der Waals surface area contributed by atoms with Gasteiger partial charge in [-0.25, -0.2) is 0 Å². The van der Waals surface area contributed by atoms with Crippen molar-refractivity contribution in [3.8, 4) is 11.1 Å². The minimum atomic E-state index is -0.119. The Labute approximate surface area is 294 Å². The van der Waals surface area contributed by atoms with Crippen molar-refractivity contribution in [2.24, 2.45) is 0 Å². The molecule has 1 heterocycles. The third-order valence-corrected chi connectivity index (χ3v) is 12.0. The zero-order valence-electron chi connectivity index (χ0n) is 29.1. The summed E-state index contributed by atoms with van der Waals surface area (Å²) in [6.45, 7) is 15.1. The van der Waals surface area contributed by atoms with Gasteiger partial charge in [-0.2, -0.15) is 0 Å². The van der Waals surface area contributed by atoms with Crippen molar-refractivity contribution in [3.63, 3.8) is 0 Å². The number of hydrogen-bond acceptors (Lipinski definition) is 1. The lowest BCUT2D eigenvalue weighted by Crippen LogP contribution is -2.22. The molecule has 1 heteroatoms. The van der Waals surface area contributed by atoms with Crippen molar-refractivity contribution in [1.82, 2.24) is 0 Å². The van der Waals surface area contributed by atoms with Gasteiger partial charge in [-0.1, -0.05) is 143 Å². The summed E-state index contributed by atoms with van der Waals surface area (Å²) in [5.74, 6) is 0. The Morgan fingerprint density at radius 1 is 0.500 bits per heavy atom. The van der Waals surface area contributed by atoms with Crippen molar-refractivity contribution in [3.05, 3.63) is 180 Å². The SMILES string of the molecule is C=C1/C=C2\C(=C/CN(c3ccc4c5ccccc5c5ccccc5c4c3)c3cc4c(cc31)-c1ccccc1C4(C)C)C(C)(C)c1ccccc12. The van der Waals surface area contributed by atoms with Gasteiger partial charge in [0.1, 0.15) is 0 Å². The minimum Gasteiger partial charge on any atom is -0.337 e. The van der Waals surface area contributed by atoms with Crippen LogP contribution in [0, 0.1) is 0 Å². The quantitative estimate of drug-likeness (QED) is 0.161. The number of rotatable bonds is 1. The lowest BCUT2D eigenvalue weighted by Gasteiger charge is -2.30. The molecule has 0 saturated carbocycles. The summed E-state index contributed by atoms with van der Waals surface area (Å²) >= 11 is 0. The second kappa shape index (κ2) is 10.2. The largest absolute Gasteiger partial charge is 0.337 e. The zero-order chi connectivity index (χ0) is 33.9. The first kappa shape index (κ1) is 29.3. The standard InChI is InChI=1S/C49H39N/c1-30-26-41-37-18-10-12-20-43(37)48(2,3)45(41)24-25-50(47-29-46-42(28-39(30)47)38-19-11-13-21-44(38)49(46,4)5)31-22-23-36-34-16-7-6-14-32(34)33-15-8-9-17-35(33)40(36)27-31/h6-24,26-29H,1,25H2,2-5H3/b41-26-,45-24+. The predicted octanol–water partition coefficient (Wildman–Crippen LogP) is 12.9. The van der Waals surface area contributed by atoms with Crippen molar-refractivity contribution in [2.45, 2.75) is 38.5 Å². The van der Waals surface area contributed by atoms with Gasteiger partial charge in [0.15, 0.2) is 0 Å². The molecule has 0 radical (unpaired) electrons. The topological polar surface area (TPSA) is 3.24 Å². The number of anilines is 2. The molecule has 7 aromatic rings. The molecule has 10 rings (SSSR count). The normalized spacial score (nSPS) is 19.0. The zero-order valence-corrected chi connectivity index (χ0v) is 29.1. The second-order valence-corrected chi connectivity index (χ2v) is 15.4. The van der Waals surface area contributed by atoms with Crippen LogP contribution in [-0.2, 0) is 10.8 Å². The first-order valence-electron chi connectivity index (χ1n) is 17.8. The van der Waals surface area contributed by atoms with E-state index < -0.39 is 0 Å². The average molecular weight is 642 g/mol. The highest BCUT2D eigenvalue weighted by atomic mass is 15.1. The van der Waals surface area contributed by atoms with Crippen LogP contribution in [0.3, 0.4) is 0 Å². The van der Waals surface area contributed by atoms with Crippen LogP contribution in [-0.4, -0.2) is 6.54 Å². The fraction of sp³-hybridized carbons (Fsp3) is 0.143. The number of hydrogen-bond donors (Lipinski definition) is 0. The van der Waals surface area contributed by atoms with Crippen LogP contribution in [0.15, 0.2) is 152 Å². The summed E-state index contributed by atoms with van der Waals surface area (Å²) in [6.07, 6.45) is 4.85. The number of fused-ring (bicyclic) bond motifs is 13. The van der Waals surface area contributed by atoms with E-state index in [4.69, 9.17) is 6.58 Å². The molecule has 0 unspecified atom stereocenters. The fourth-order valence-corrected chi connectivity index (χ4v) is 9.47. The predicted molar refractivity (Wildman–Crippen MR) is 215 cm³/mol. The Bertz CT molecular complexity index is 2660. The van der Waals surface area contributed by atoms with Crippen LogP contribution in [0.5, 0.6) is 0 Å². The summed E-state index contributed by atoms with van der Waals surface area (Å²) < 4.78 is 0. The van der Waals surface area contributed by atoms with E-state index in [1.165, 1.54) is 93.8 Å². The van der Waals surface area contributed by atoms with Crippen molar-refractivity contribution in [2.75, 3.05) is 11.4 Å². The molecule has 1 aliphatic heterocycles. The molecule has 0 bridgehead atoms. The highest BCUT2D eigenvalue weighted by Gasteiger charge is 2.40. The van der Waals surface area contributed by atoms with Gasteiger partial charge in [0.2, 0.25) is 0 Å². The average Bonchev–Trinajstić information content (AvgIpc) is 3.52. The molecule has 2 aliphatic carbocycles. The Morgan fingerprint density at radius 3 is 1.74 bits per heavy atom. The van der Waals surface area contributed by atoms with Crippen LogP contribution < -0.4 is 4.90 Å². The van der Waals surface area contributed by atoms with Crippen molar-refractivity contribution < 1.29 is 0 Å². The van der Waals surface area contributed by atoms with Gasteiger partial charge in [0.05, 0.1) is 0 Å². The van der Waals surface area contributed by atoms with Gasteiger partial charge in [-0.05, 0) is 113 Å². The van der Waals surface area contributed by atoms with E-state index >= 15 is 0 Å². The third-order valence-electron chi connectivity index (χ3n) is 12.0. The monoisotopic (exact) mass is 641 g/mol. The van der Waals surface area contributed by atoms with E-state index in [0.29, 0.717) is 0 Å². The fourth-order valence-electron chi connectivity index (χ4n) is 9.47. The first-order chi connectivity index (χ1) is 24.2. The maximum Gasteiger partial charge on any atom is 0.0496 e. The van der Waals surface area contributed by atoms with Crippen LogP contribution in [0.2, 0.25) is 0 Å². The van der Waals surface area contributed by atoms with Gasteiger partial charge < -0.3 is 4.90 Å². The molecule has 0 aromatic heterocycles. The van der Waals surface area contributed by atoms with Gasteiger partial charge >= 0.3 is 0 Å². The summed E-state index contributed by atoms with van der Waals surface area (Å²) in [4.78, 5) is 2.55. The van der Waals surface area contributed by atoms with E-state index in [2.05, 4.69) is 172 Å². The molecule has 0 spiro atoms. The van der Waals surface area contributed by atoms with Crippen molar-refractivity contribution in [1.29, 1.82) is 0 Å². The van der Waals surface area contributed by atoms with Gasteiger partial charge in [0.25, 0.3) is 0 Å². The van der Waals surface area contributed by atoms with Crippen LogP contribution in [0.25, 0.3) is 54.6 Å². The smallest absolute Gasteiger partial charge is 0.0496 e. The van der Waals surface area contributed by atoms with E-state index in [0.717, 1.165) is 12.1 Å². The van der Waals surface area contributed by atoms with Gasteiger partial charge in [-0.3, -0.25) is 0 Å². The number of benzene rings is 7. The molecule has 240 valence electrons. The molecule has 7 aromatic carbocycles. The minimum absolute atomic E-state index is 0.112. The Hall–Kier alpha value is -5.66. The summed E-state index contributed by atoms with van der Waals surface area (Å²) in [5, 5.41) is 7.76. The number of nitrogens with zero attached hydrogens (tertiary/aromatic N) is 1. The van der Waals surface area contributed by atoms with E-state index in [1.807, 2.05) is 0 Å². The van der Waals surface area contributed by atoms with E-state index in [9.17, 15) is 0 Å². The maximum atomic E-state index is 4.82. The molecular weight excluding hydrogens is 603 g/mol. The summed E-state index contributed by atoms with van der Waals surface area (Å²) in [5.41, 5.74) is 15.2. The van der Waals surface area contributed by atoms with E-state index in [1.54, 1.807) is 0 Å². The molecule has 0 fully saturated rings. The Kier molecular flexibility index (Phi) is 5.96. The van der Waals surface area contributed by atoms with Gasteiger partial charge in [-0.15, -0.1) is 0 Å². The molecular formula is C49H39N. The molecule has 0 amide bonds. The molecule has 1 nitrogen and oxygen atoms in total. The molecule has 0 N–H and O–H groups in total. The van der Waals surface area contributed by atoms with Gasteiger partial charge in [0, 0.05) is 34.3 Å². The summed E-state index contributed by atoms with van der Waals surface area (Å²) in [6, 6.07) is 47.6. The highest BCUT2D eigenvalue weighted by Crippen LogP contribution is 2.54. The molecule has 50 heavy (non-hydrogen) atoms. The Balaban J connectivity index is 1.27. The second-order valence-electron chi connectivity index (χ2n) is 15.4. The highest BCUT2D eigenvalue weighted by molar-refractivity contribution is 6.25. The van der Waals surface area contributed by atoms with Crippen molar-refractivity contribution >= 4 is 54.8 Å². The maximum absolute atomic E-state index is 4.82. The first-order valence-corrected chi connectivity index (χ1v) is 17.8. The van der Waals surface area contributed by atoms with Crippen LogP contribution in [0.1, 0.15) is 55.5 Å². The Morgan fingerprint density at radius 2 is 1.06 bits per heavy atom. The lowest BCUT2D eigenvalue weighted by atomic mass is 9.81.